The van der Waals surface area contributed by atoms with Gasteiger partial charge in [0.15, 0.2) is 11.5 Å². The van der Waals surface area contributed by atoms with E-state index in [0.717, 1.165) is 11.8 Å². The van der Waals surface area contributed by atoms with E-state index in [-0.39, 0.29) is 11.6 Å². The molecule has 0 radical (unpaired) electrons. The van der Waals surface area contributed by atoms with Crippen LogP contribution in [0.25, 0.3) is 11.4 Å². The number of alkyl halides is 3. The fourth-order valence-electron chi connectivity index (χ4n) is 2.28. The minimum atomic E-state index is -4.57. The predicted molar refractivity (Wildman–Crippen MR) is 85.5 cm³/mol. The summed E-state index contributed by atoms with van der Waals surface area (Å²) in [4.78, 5) is 11.7. The van der Waals surface area contributed by atoms with E-state index < -0.39 is 11.9 Å². The summed E-state index contributed by atoms with van der Waals surface area (Å²) in [5.74, 6) is 0.0551. The second-order valence-corrected chi connectivity index (χ2v) is 5.19. The molecule has 0 bridgehead atoms. The lowest BCUT2D eigenvalue weighted by molar-refractivity contribution is -0.141. The molecule has 0 saturated heterocycles. The van der Waals surface area contributed by atoms with E-state index in [0.29, 0.717) is 18.7 Å². The van der Waals surface area contributed by atoms with Gasteiger partial charge in [0.2, 0.25) is 0 Å². The van der Waals surface area contributed by atoms with Crippen LogP contribution in [0.3, 0.4) is 0 Å². The van der Waals surface area contributed by atoms with Gasteiger partial charge in [-0.25, -0.2) is 9.97 Å². The van der Waals surface area contributed by atoms with Crippen LogP contribution in [-0.2, 0) is 19.3 Å². The SMILES string of the molecule is CCn1nccc1CNc1cc(C(F)(F)F)nc(-c2cccnc2)n1. The highest BCUT2D eigenvalue weighted by Gasteiger charge is 2.33. The molecule has 3 aromatic heterocycles. The Balaban J connectivity index is 1.92. The molecule has 0 aliphatic heterocycles. The number of halogens is 3. The van der Waals surface area contributed by atoms with Crippen LogP contribution in [0.5, 0.6) is 0 Å². The summed E-state index contributed by atoms with van der Waals surface area (Å²) >= 11 is 0. The summed E-state index contributed by atoms with van der Waals surface area (Å²) in [5, 5.41) is 7.04. The Labute approximate surface area is 141 Å². The van der Waals surface area contributed by atoms with Gasteiger partial charge in [-0.2, -0.15) is 18.3 Å². The van der Waals surface area contributed by atoms with Crippen molar-refractivity contribution in [3.05, 3.63) is 54.2 Å². The Kier molecular flexibility index (Phi) is 4.64. The van der Waals surface area contributed by atoms with Crippen molar-refractivity contribution in [3.8, 4) is 11.4 Å². The number of pyridine rings is 1. The van der Waals surface area contributed by atoms with E-state index in [1.54, 1.807) is 29.1 Å². The van der Waals surface area contributed by atoms with E-state index in [2.05, 4.69) is 25.4 Å². The smallest absolute Gasteiger partial charge is 0.364 e. The quantitative estimate of drug-likeness (QED) is 0.765. The lowest BCUT2D eigenvalue weighted by Gasteiger charge is -2.12. The molecule has 3 heterocycles. The average molecular weight is 348 g/mol. The second-order valence-electron chi connectivity index (χ2n) is 5.19. The average Bonchev–Trinajstić information content (AvgIpc) is 3.07. The van der Waals surface area contributed by atoms with Crippen LogP contribution in [0, 0.1) is 0 Å². The second kappa shape index (κ2) is 6.88. The molecule has 0 amide bonds. The maximum atomic E-state index is 13.1. The monoisotopic (exact) mass is 348 g/mol. The summed E-state index contributed by atoms with van der Waals surface area (Å²) in [6.07, 6.45) is 0.0256. The van der Waals surface area contributed by atoms with Gasteiger partial charge in [0.1, 0.15) is 5.82 Å². The number of hydrogen-bond donors (Lipinski definition) is 1. The summed E-state index contributed by atoms with van der Waals surface area (Å²) in [5.41, 5.74) is 0.251. The summed E-state index contributed by atoms with van der Waals surface area (Å²) in [7, 11) is 0. The van der Waals surface area contributed by atoms with E-state index in [9.17, 15) is 13.2 Å². The summed E-state index contributed by atoms with van der Waals surface area (Å²) < 4.78 is 41.2. The predicted octanol–water partition coefficient (Wildman–Crippen LogP) is 3.39. The van der Waals surface area contributed by atoms with E-state index in [1.807, 2.05) is 6.92 Å². The van der Waals surface area contributed by atoms with Gasteiger partial charge in [-0.05, 0) is 25.1 Å². The fraction of sp³-hybridized carbons (Fsp3) is 0.250. The first-order valence-electron chi connectivity index (χ1n) is 7.58. The zero-order chi connectivity index (χ0) is 17.9. The summed E-state index contributed by atoms with van der Waals surface area (Å²) in [6.45, 7) is 2.90. The first-order valence-corrected chi connectivity index (χ1v) is 7.58. The topological polar surface area (TPSA) is 68.5 Å². The molecule has 130 valence electrons. The van der Waals surface area contributed by atoms with Crippen LogP contribution in [-0.4, -0.2) is 24.7 Å². The fourth-order valence-corrected chi connectivity index (χ4v) is 2.28. The van der Waals surface area contributed by atoms with E-state index >= 15 is 0 Å². The van der Waals surface area contributed by atoms with Crippen molar-refractivity contribution in [2.75, 3.05) is 5.32 Å². The van der Waals surface area contributed by atoms with Crippen LogP contribution >= 0.6 is 0 Å². The molecular weight excluding hydrogens is 333 g/mol. The Morgan fingerprint density at radius 1 is 1.16 bits per heavy atom. The third kappa shape index (κ3) is 3.93. The Bertz CT molecular complexity index is 845. The number of hydrogen-bond acceptors (Lipinski definition) is 5. The van der Waals surface area contributed by atoms with Crippen LogP contribution in [0.2, 0.25) is 0 Å². The molecule has 9 heteroatoms. The third-order valence-corrected chi connectivity index (χ3v) is 3.49. The number of nitrogens with one attached hydrogen (secondary N) is 1. The maximum Gasteiger partial charge on any atom is 0.433 e. The van der Waals surface area contributed by atoms with Gasteiger partial charge in [-0.15, -0.1) is 0 Å². The standard InChI is InChI=1S/C16H15F3N6/c1-2-25-12(5-7-22-25)10-21-14-8-13(16(17,18)19)23-15(24-14)11-4-3-6-20-9-11/h3-9H,2,10H2,1H3,(H,21,23,24). The Morgan fingerprint density at radius 3 is 2.68 bits per heavy atom. The molecule has 0 fully saturated rings. The minimum Gasteiger partial charge on any atom is -0.364 e. The maximum absolute atomic E-state index is 13.1. The van der Waals surface area contributed by atoms with Crippen LogP contribution in [0.1, 0.15) is 18.3 Å². The lowest BCUT2D eigenvalue weighted by Crippen LogP contribution is -2.13. The number of nitrogens with zero attached hydrogens (tertiary/aromatic N) is 5. The summed E-state index contributed by atoms with van der Waals surface area (Å²) in [6, 6.07) is 5.92. The van der Waals surface area contributed by atoms with Crippen molar-refractivity contribution in [1.29, 1.82) is 0 Å². The Hall–Kier alpha value is -2.97. The minimum absolute atomic E-state index is 0.0329. The first kappa shape index (κ1) is 16.9. The molecule has 0 unspecified atom stereocenters. The van der Waals surface area contributed by atoms with E-state index in [1.165, 1.54) is 12.4 Å². The molecule has 0 saturated carbocycles. The van der Waals surface area contributed by atoms with Gasteiger partial charge in [0, 0.05) is 36.8 Å². The van der Waals surface area contributed by atoms with Gasteiger partial charge in [0.05, 0.1) is 12.2 Å². The van der Waals surface area contributed by atoms with E-state index in [4.69, 9.17) is 0 Å². The molecule has 3 rings (SSSR count). The molecule has 6 nitrogen and oxygen atoms in total. The molecule has 1 N–H and O–H groups in total. The van der Waals surface area contributed by atoms with Crippen molar-refractivity contribution in [3.63, 3.8) is 0 Å². The zero-order valence-corrected chi connectivity index (χ0v) is 13.3. The molecule has 0 aliphatic rings. The molecular formula is C16H15F3N6. The highest BCUT2D eigenvalue weighted by molar-refractivity contribution is 5.56. The molecule has 3 aromatic rings. The number of aromatic nitrogens is 5. The first-order chi connectivity index (χ1) is 12.0. The van der Waals surface area contributed by atoms with Crippen LogP contribution in [0.4, 0.5) is 19.0 Å². The Morgan fingerprint density at radius 2 is 2.00 bits per heavy atom. The highest BCUT2D eigenvalue weighted by Crippen LogP contribution is 2.30. The normalized spacial score (nSPS) is 11.5. The van der Waals surface area contributed by atoms with Crippen LogP contribution in [0.15, 0.2) is 42.9 Å². The van der Waals surface area contributed by atoms with Crippen molar-refractivity contribution < 1.29 is 13.2 Å². The molecule has 0 atom stereocenters. The van der Waals surface area contributed by atoms with Gasteiger partial charge in [-0.3, -0.25) is 9.67 Å². The van der Waals surface area contributed by atoms with Crippen LogP contribution < -0.4 is 5.32 Å². The number of rotatable bonds is 5. The largest absolute Gasteiger partial charge is 0.433 e. The molecule has 0 aliphatic carbocycles. The van der Waals surface area contributed by atoms with Gasteiger partial charge < -0.3 is 5.32 Å². The van der Waals surface area contributed by atoms with Crippen molar-refractivity contribution in [1.82, 2.24) is 24.7 Å². The van der Waals surface area contributed by atoms with Gasteiger partial charge in [-0.1, -0.05) is 0 Å². The van der Waals surface area contributed by atoms with Crippen molar-refractivity contribution >= 4 is 5.82 Å². The van der Waals surface area contributed by atoms with Gasteiger partial charge >= 0.3 is 6.18 Å². The third-order valence-electron chi connectivity index (χ3n) is 3.49. The molecule has 25 heavy (non-hydrogen) atoms. The zero-order valence-electron chi connectivity index (χ0n) is 13.3. The molecule has 0 aromatic carbocycles. The lowest BCUT2D eigenvalue weighted by atomic mass is 10.2. The highest BCUT2D eigenvalue weighted by atomic mass is 19.4. The van der Waals surface area contributed by atoms with Gasteiger partial charge in [0.25, 0.3) is 0 Å². The number of aryl methyl sites for hydroxylation is 1. The number of anilines is 1. The van der Waals surface area contributed by atoms with Crippen molar-refractivity contribution in [2.24, 2.45) is 0 Å². The molecule has 0 spiro atoms. The van der Waals surface area contributed by atoms with Crippen molar-refractivity contribution in [2.45, 2.75) is 26.2 Å².